The second-order valence-corrected chi connectivity index (χ2v) is 7.61. The molecule has 0 aliphatic carbocycles. The van der Waals surface area contributed by atoms with Crippen LogP contribution < -0.4 is 0 Å². The van der Waals surface area contributed by atoms with Crippen LogP contribution >= 0.6 is 0 Å². The molecule has 3 nitrogen and oxygen atoms in total. The number of nitrogens with zero attached hydrogens (tertiary/aromatic N) is 1. The van der Waals surface area contributed by atoms with E-state index in [0.717, 1.165) is 29.9 Å². The lowest BCUT2D eigenvalue weighted by Gasteiger charge is -2.43. The summed E-state index contributed by atoms with van der Waals surface area (Å²) < 4.78 is 6.39. The SMILES string of the molecule is CCCC1c2oc3ccc(O)cc3c2CCN2CCCC(CC)C12. The van der Waals surface area contributed by atoms with Gasteiger partial charge in [-0.05, 0) is 56.3 Å². The van der Waals surface area contributed by atoms with Crippen LogP contribution in [0.1, 0.15) is 63.2 Å². The van der Waals surface area contributed by atoms with Crippen molar-refractivity contribution >= 4 is 11.0 Å². The average Bonchev–Trinajstić information content (AvgIpc) is 2.87. The Morgan fingerprint density at radius 1 is 1.25 bits per heavy atom. The van der Waals surface area contributed by atoms with Gasteiger partial charge in [-0.25, -0.2) is 0 Å². The van der Waals surface area contributed by atoms with E-state index in [9.17, 15) is 5.11 Å². The predicted octanol–water partition coefficient (Wildman–Crippen LogP) is 5.07. The summed E-state index contributed by atoms with van der Waals surface area (Å²) in [5.74, 6) is 2.83. The molecule has 1 aromatic heterocycles. The zero-order chi connectivity index (χ0) is 16.7. The molecule has 3 unspecified atom stereocenters. The lowest BCUT2D eigenvalue weighted by atomic mass is 9.77. The van der Waals surface area contributed by atoms with Crippen molar-refractivity contribution in [2.45, 2.75) is 64.3 Å². The molecule has 0 amide bonds. The highest BCUT2D eigenvalue weighted by atomic mass is 16.3. The molecule has 2 aromatic rings. The van der Waals surface area contributed by atoms with E-state index in [1.165, 1.54) is 50.0 Å². The van der Waals surface area contributed by atoms with Gasteiger partial charge >= 0.3 is 0 Å². The Bertz CT molecular complexity index is 720. The van der Waals surface area contributed by atoms with Crippen molar-refractivity contribution in [1.29, 1.82) is 0 Å². The van der Waals surface area contributed by atoms with Gasteiger partial charge in [0, 0.05) is 29.5 Å². The number of phenolic OH excluding ortho intramolecular Hbond substituents is 1. The molecule has 4 rings (SSSR count). The summed E-state index contributed by atoms with van der Waals surface area (Å²) in [7, 11) is 0. The van der Waals surface area contributed by atoms with Crippen molar-refractivity contribution in [3.63, 3.8) is 0 Å². The monoisotopic (exact) mass is 327 g/mol. The van der Waals surface area contributed by atoms with E-state index in [1.807, 2.05) is 12.1 Å². The molecule has 0 bridgehead atoms. The smallest absolute Gasteiger partial charge is 0.134 e. The van der Waals surface area contributed by atoms with Gasteiger partial charge in [0.2, 0.25) is 0 Å². The van der Waals surface area contributed by atoms with Gasteiger partial charge in [0.1, 0.15) is 17.1 Å². The summed E-state index contributed by atoms with van der Waals surface area (Å²) in [5, 5.41) is 11.0. The van der Waals surface area contributed by atoms with E-state index in [2.05, 4.69) is 18.7 Å². The van der Waals surface area contributed by atoms with E-state index >= 15 is 0 Å². The van der Waals surface area contributed by atoms with Crippen molar-refractivity contribution in [3.8, 4) is 5.75 Å². The molecule has 1 aromatic carbocycles. The number of aromatic hydroxyl groups is 1. The van der Waals surface area contributed by atoms with Crippen LogP contribution in [-0.4, -0.2) is 29.1 Å². The molecule has 130 valence electrons. The van der Waals surface area contributed by atoms with Crippen molar-refractivity contribution < 1.29 is 9.52 Å². The second-order valence-electron chi connectivity index (χ2n) is 7.61. The number of rotatable bonds is 3. The minimum atomic E-state index is 0.339. The van der Waals surface area contributed by atoms with Crippen LogP contribution in [-0.2, 0) is 6.42 Å². The first-order valence-corrected chi connectivity index (χ1v) is 9.71. The summed E-state index contributed by atoms with van der Waals surface area (Å²) in [4.78, 5) is 2.74. The van der Waals surface area contributed by atoms with Gasteiger partial charge < -0.3 is 9.52 Å². The highest BCUT2D eigenvalue weighted by Crippen LogP contribution is 2.45. The Morgan fingerprint density at radius 2 is 2.12 bits per heavy atom. The highest BCUT2D eigenvalue weighted by molar-refractivity contribution is 5.84. The minimum Gasteiger partial charge on any atom is -0.508 e. The summed E-state index contributed by atoms with van der Waals surface area (Å²) in [6, 6.07) is 6.18. The maximum Gasteiger partial charge on any atom is 0.134 e. The highest BCUT2D eigenvalue weighted by Gasteiger charge is 2.41. The molecular formula is C21H29NO2. The Labute approximate surface area is 144 Å². The van der Waals surface area contributed by atoms with Gasteiger partial charge in [-0.2, -0.15) is 0 Å². The predicted molar refractivity (Wildman–Crippen MR) is 97.6 cm³/mol. The Hall–Kier alpha value is -1.48. The van der Waals surface area contributed by atoms with Crippen LogP contribution in [0.4, 0.5) is 0 Å². The molecule has 3 atom stereocenters. The quantitative estimate of drug-likeness (QED) is 0.855. The van der Waals surface area contributed by atoms with Crippen LogP contribution in [0.15, 0.2) is 22.6 Å². The van der Waals surface area contributed by atoms with E-state index in [4.69, 9.17) is 4.42 Å². The largest absolute Gasteiger partial charge is 0.508 e. The lowest BCUT2D eigenvalue weighted by molar-refractivity contribution is 0.0683. The third kappa shape index (κ3) is 2.54. The molecule has 2 aliphatic heterocycles. The van der Waals surface area contributed by atoms with Gasteiger partial charge in [-0.3, -0.25) is 4.90 Å². The number of phenols is 1. The first-order chi connectivity index (χ1) is 11.7. The van der Waals surface area contributed by atoms with Crippen LogP contribution in [0, 0.1) is 5.92 Å². The van der Waals surface area contributed by atoms with E-state index < -0.39 is 0 Å². The molecule has 0 saturated carbocycles. The van der Waals surface area contributed by atoms with Crippen LogP contribution in [0.3, 0.4) is 0 Å². The van der Waals surface area contributed by atoms with Crippen molar-refractivity contribution in [2.75, 3.05) is 13.1 Å². The maximum atomic E-state index is 9.92. The standard InChI is InChI=1S/C21H29NO2/c1-3-6-17-20-14(4-2)7-5-11-22(20)12-10-16-18-13-15(23)8-9-19(18)24-21(16)17/h8-9,13-14,17,20,23H,3-7,10-12H2,1-2H3. The first-order valence-electron chi connectivity index (χ1n) is 9.71. The summed E-state index contributed by atoms with van der Waals surface area (Å²) >= 11 is 0. The van der Waals surface area contributed by atoms with Gasteiger partial charge in [0.05, 0.1) is 0 Å². The average molecular weight is 327 g/mol. The molecule has 2 aliphatic rings. The molecule has 1 N–H and O–H groups in total. The fourth-order valence-corrected chi connectivity index (χ4v) is 5.20. The van der Waals surface area contributed by atoms with Gasteiger partial charge in [0.25, 0.3) is 0 Å². The number of fused-ring (bicyclic) bond motifs is 4. The zero-order valence-electron chi connectivity index (χ0n) is 14.9. The van der Waals surface area contributed by atoms with Crippen molar-refractivity contribution in [3.05, 3.63) is 29.5 Å². The Balaban J connectivity index is 1.85. The molecular weight excluding hydrogens is 298 g/mol. The number of hydrogen-bond donors (Lipinski definition) is 1. The number of piperidine rings is 1. The third-order valence-electron chi connectivity index (χ3n) is 6.25. The molecule has 0 spiro atoms. The fraction of sp³-hybridized carbons (Fsp3) is 0.619. The summed E-state index contributed by atoms with van der Waals surface area (Å²) in [6.45, 7) is 6.99. The molecule has 1 fully saturated rings. The third-order valence-corrected chi connectivity index (χ3v) is 6.25. The van der Waals surface area contributed by atoms with Crippen LogP contribution in [0.25, 0.3) is 11.0 Å². The molecule has 24 heavy (non-hydrogen) atoms. The molecule has 3 heterocycles. The number of hydrogen-bond acceptors (Lipinski definition) is 3. The van der Waals surface area contributed by atoms with Crippen molar-refractivity contribution in [2.24, 2.45) is 5.92 Å². The summed E-state index contributed by atoms with van der Waals surface area (Å²) in [5.41, 5.74) is 2.29. The van der Waals surface area contributed by atoms with E-state index in [-0.39, 0.29) is 0 Å². The first kappa shape index (κ1) is 16.0. The molecule has 3 heteroatoms. The van der Waals surface area contributed by atoms with Crippen LogP contribution in [0.5, 0.6) is 5.75 Å². The number of furan rings is 1. The number of benzene rings is 1. The van der Waals surface area contributed by atoms with Gasteiger partial charge in [0.15, 0.2) is 0 Å². The van der Waals surface area contributed by atoms with E-state index in [1.54, 1.807) is 6.07 Å². The fourth-order valence-electron chi connectivity index (χ4n) is 5.20. The molecule has 0 radical (unpaired) electrons. The Kier molecular flexibility index (Phi) is 4.29. The molecule has 1 saturated heterocycles. The van der Waals surface area contributed by atoms with Crippen LogP contribution in [0.2, 0.25) is 0 Å². The summed E-state index contributed by atoms with van der Waals surface area (Å²) in [6.07, 6.45) is 7.37. The lowest BCUT2D eigenvalue weighted by Crippen LogP contribution is -2.48. The minimum absolute atomic E-state index is 0.339. The van der Waals surface area contributed by atoms with Gasteiger partial charge in [-0.15, -0.1) is 0 Å². The zero-order valence-corrected chi connectivity index (χ0v) is 14.9. The van der Waals surface area contributed by atoms with Gasteiger partial charge in [-0.1, -0.05) is 26.7 Å². The van der Waals surface area contributed by atoms with Crippen molar-refractivity contribution in [1.82, 2.24) is 4.90 Å². The van der Waals surface area contributed by atoms with E-state index in [0.29, 0.717) is 17.7 Å². The normalized spacial score (nSPS) is 27.7. The topological polar surface area (TPSA) is 36.6 Å². The second kappa shape index (κ2) is 6.44. The Morgan fingerprint density at radius 3 is 2.92 bits per heavy atom. The maximum absolute atomic E-state index is 9.92.